The van der Waals surface area contributed by atoms with Gasteiger partial charge in [0.25, 0.3) is 0 Å². The minimum atomic E-state index is -0.207. The van der Waals surface area contributed by atoms with E-state index in [1.807, 2.05) is 53.9 Å². The van der Waals surface area contributed by atoms with Crippen molar-refractivity contribution >= 4 is 5.78 Å². The number of hydrogen-bond acceptors (Lipinski definition) is 7. The third-order valence-corrected chi connectivity index (χ3v) is 5.27. The third kappa shape index (κ3) is 4.03. The summed E-state index contributed by atoms with van der Waals surface area (Å²) in [4.78, 5) is 17.2. The standard InChI is InChI=1S/C22H25N7O2/c1-13-19(29-12-18(25-27-29)16-11-24-28(6)14(16)2)7-15(10-23-13)8-20(30)17-9-21(31-26-17)22(3,4)5/h7,9-12H,8H2,1-6H3. The lowest BCUT2D eigenvalue weighted by molar-refractivity contribution is 0.0984. The molecule has 0 N–H and O–H groups in total. The summed E-state index contributed by atoms with van der Waals surface area (Å²) in [6.07, 6.45) is 5.48. The first kappa shape index (κ1) is 20.6. The maximum Gasteiger partial charge on any atom is 0.189 e. The van der Waals surface area contributed by atoms with E-state index in [1.54, 1.807) is 27.8 Å². The second-order valence-corrected chi connectivity index (χ2v) is 8.69. The molecule has 0 saturated heterocycles. The smallest absolute Gasteiger partial charge is 0.189 e. The van der Waals surface area contributed by atoms with E-state index in [9.17, 15) is 4.79 Å². The van der Waals surface area contributed by atoms with Gasteiger partial charge in [0.1, 0.15) is 17.1 Å². The highest BCUT2D eigenvalue weighted by Crippen LogP contribution is 2.24. The average molecular weight is 419 g/mol. The van der Waals surface area contributed by atoms with Gasteiger partial charge in [0, 0.05) is 42.4 Å². The average Bonchev–Trinajstić information content (AvgIpc) is 3.44. The van der Waals surface area contributed by atoms with Crippen LogP contribution in [0.15, 0.2) is 35.2 Å². The number of carbonyl (C=O) groups is 1. The number of aromatic nitrogens is 7. The monoisotopic (exact) mass is 419 g/mol. The van der Waals surface area contributed by atoms with E-state index in [2.05, 4.69) is 25.6 Å². The van der Waals surface area contributed by atoms with E-state index in [-0.39, 0.29) is 17.6 Å². The van der Waals surface area contributed by atoms with Gasteiger partial charge in [-0.2, -0.15) is 5.10 Å². The number of Topliss-reactive ketones (excluding diaryl/α,β-unsaturated/α-hetero) is 1. The van der Waals surface area contributed by atoms with Crippen molar-refractivity contribution in [1.29, 1.82) is 0 Å². The minimum absolute atomic E-state index is 0.124. The lowest BCUT2D eigenvalue weighted by atomic mass is 9.93. The number of nitrogens with zero attached hydrogens (tertiary/aromatic N) is 7. The lowest BCUT2D eigenvalue weighted by Crippen LogP contribution is -2.10. The first-order chi connectivity index (χ1) is 14.6. The second-order valence-electron chi connectivity index (χ2n) is 8.69. The fourth-order valence-corrected chi connectivity index (χ4v) is 3.18. The van der Waals surface area contributed by atoms with Crippen LogP contribution in [0.2, 0.25) is 0 Å². The van der Waals surface area contributed by atoms with Crippen LogP contribution in [0.4, 0.5) is 0 Å². The van der Waals surface area contributed by atoms with Gasteiger partial charge in [0.2, 0.25) is 0 Å². The topological polar surface area (TPSA) is 105 Å². The minimum Gasteiger partial charge on any atom is -0.360 e. The summed E-state index contributed by atoms with van der Waals surface area (Å²) < 4.78 is 8.81. The van der Waals surface area contributed by atoms with Gasteiger partial charge >= 0.3 is 0 Å². The number of aryl methyl sites for hydroxylation is 2. The van der Waals surface area contributed by atoms with Crippen LogP contribution in [0, 0.1) is 13.8 Å². The van der Waals surface area contributed by atoms with Crippen molar-refractivity contribution in [3.05, 3.63) is 59.1 Å². The summed E-state index contributed by atoms with van der Waals surface area (Å²) in [5, 5.41) is 16.7. The van der Waals surface area contributed by atoms with Crippen molar-refractivity contribution < 1.29 is 9.32 Å². The molecule has 0 bridgehead atoms. The molecule has 0 aromatic carbocycles. The Kier molecular flexibility index (Phi) is 5.04. The molecule has 0 aliphatic heterocycles. The summed E-state index contributed by atoms with van der Waals surface area (Å²) in [7, 11) is 1.89. The molecule has 0 amide bonds. The van der Waals surface area contributed by atoms with Crippen molar-refractivity contribution in [2.24, 2.45) is 7.05 Å². The van der Waals surface area contributed by atoms with Crippen molar-refractivity contribution in [2.75, 3.05) is 0 Å². The zero-order chi connectivity index (χ0) is 22.3. The van der Waals surface area contributed by atoms with E-state index in [1.165, 1.54) is 0 Å². The van der Waals surface area contributed by atoms with Gasteiger partial charge in [-0.05, 0) is 25.5 Å². The zero-order valence-electron chi connectivity index (χ0n) is 18.5. The summed E-state index contributed by atoms with van der Waals surface area (Å²) >= 11 is 0. The van der Waals surface area contributed by atoms with E-state index < -0.39 is 0 Å². The zero-order valence-corrected chi connectivity index (χ0v) is 18.5. The highest BCUT2D eigenvalue weighted by molar-refractivity contribution is 5.95. The molecule has 4 heterocycles. The Morgan fingerprint density at radius 3 is 2.58 bits per heavy atom. The van der Waals surface area contributed by atoms with Gasteiger partial charge in [-0.15, -0.1) is 5.10 Å². The Bertz CT molecular complexity index is 1260. The maximum absolute atomic E-state index is 12.7. The predicted octanol–water partition coefficient (Wildman–Crippen LogP) is 3.39. The molecule has 0 saturated carbocycles. The van der Waals surface area contributed by atoms with Crippen LogP contribution in [0.25, 0.3) is 16.9 Å². The van der Waals surface area contributed by atoms with Gasteiger partial charge in [0.15, 0.2) is 5.78 Å². The Balaban J connectivity index is 1.59. The molecule has 0 spiro atoms. The van der Waals surface area contributed by atoms with E-state index in [0.717, 1.165) is 33.9 Å². The molecule has 0 aliphatic rings. The summed E-state index contributed by atoms with van der Waals surface area (Å²) in [6, 6.07) is 3.62. The Hall–Kier alpha value is -3.62. The van der Waals surface area contributed by atoms with Crippen LogP contribution in [-0.4, -0.2) is 40.7 Å². The number of ketones is 1. The molecule has 0 unspecified atom stereocenters. The largest absolute Gasteiger partial charge is 0.360 e. The van der Waals surface area contributed by atoms with Crippen LogP contribution in [0.5, 0.6) is 0 Å². The first-order valence-corrected chi connectivity index (χ1v) is 10.0. The van der Waals surface area contributed by atoms with Gasteiger partial charge < -0.3 is 4.52 Å². The van der Waals surface area contributed by atoms with Crippen LogP contribution in [-0.2, 0) is 18.9 Å². The summed E-state index contributed by atoms with van der Waals surface area (Å²) in [5.74, 6) is 0.556. The van der Waals surface area contributed by atoms with E-state index in [4.69, 9.17) is 4.52 Å². The molecule has 4 rings (SSSR count). The SMILES string of the molecule is Cc1ncc(CC(=O)c2cc(C(C)(C)C)on2)cc1-n1cc(-c2cnn(C)c2C)nn1. The van der Waals surface area contributed by atoms with Crippen LogP contribution in [0.1, 0.15) is 54.0 Å². The Labute approximate surface area is 180 Å². The van der Waals surface area contributed by atoms with Crippen LogP contribution in [0.3, 0.4) is 0 Å². The Morgan fingerprint density at radius 1 is 1.16 bits per heavy atom. The van der Waals surface area contributed by atoms with E-state index >= 15 is 0 Å². The Morgan fingerprint density at radius 2 is 1.94 bits per heavy atom. The quantitative estimate of drug-likeness (QED) is 0.457. The van der Waals surface area contributed by atoms with Crippen LogP contribution < -0.4 is 0 Å². The summed E-state index contributed by atoms with van der Waals surface area (Å²) in [5.41, 5.74) is 5.08. The summed E-state index contributed by atoms with van der Waals surface area (Å²) in [6.45, 7) is 9.91. The maximum atomic E-state index is 12.7. The van der Waals surface area contributed by atoms with E-state index in [0.29, 0.717) is 11.5 Å². The predicted molar refractivity (Wildman–Crippen MR) is 114 cm³/mol. The van der Waals surface area contributed by atoms with Gasteiger partial charge in [-0.1, -0.05) is 31.1 Å². The molecule has 0 radical (unpaired) electrons. The lowest BCUT2D eigenvalue weighted by Gasteiger charge is -2.12. The molecule has 0 atom stereocenters. The number of carbonyl (C=O) groups excluding carboxylic acids is 1. The fourth-order valence-electron chi connectivity index (χ4n) is 3.18. The molecular formula is C22H25N7O2. The van der Waals surface area contributed by atoms with Crippen molar-refractivity contribution in [2.45, 2.75) is 46.5 Å². The molecule has 0 fully saturated rings. The third-order valence-electron chi connectivity index (χ3n) is 5.27. The molecule has 4 aromatic rings. The van der Waals surface area contributed by atoms with Gasteiger partial charge in [0.05, 0.1) is 23.8 Å². The highest BCUT2D eigenvalue weighted by Gasteiger charge is 2.22. The fraction of sp³-hybridized carbons (Fsp3) is 0.364. The number of hydrogen-bond donors (Lipinski definition) is 0. The highest BCUT2D eigenvalue weighted by atomic mass is 16.5. The normalized spacial score (nSPS) is 11.8. The molecule has 9 heteroatoms. The van der Waals surface area contributed by atoms with Crippen molar-refractivity contribution in [3.8, 4) is 16.9 Å². The van der Waals surface area contributed by atoms with Crippen LogP contribution >= 0.6 is 0 Å². The number of rotatable bonds is 5. The molecule has 160 valence electrons. The number of pyridine rings is 1. The molecule has 4 aromatic heterocycles. The molecule has 0 aliphatic carbocycles. The molecule has 9 nitrogen and oxygen atoms in total. The molecule has 31 heavy (non-hydrogen) atoms. The van der Waals surface area contributed by atoms with Crippen molar-refractivity contribution in [1.82, 2.24) is 34.9 Å². The van der Waals surface area contributed by atoms with Gasteiger partial charge in [-0.3, -0.25) is 14.5 Å². The second kappa shape index (κ2) is 7.57. The van der Waals surface area contributed by atoms with Crippen molar-refractivity contribution in [3.63, 3.8) is 0 Å². The van der Waals surface area contributed by atoms with Gasteiger partial charge in [-0.25, -0.2) is 4.68 Å². The molecular weight excluding hydrogens is 394 g/mol. The first-order valence-electron chi connectivity index (χ1n) is 10.0.